The van der Waals surface area contributed by atoms with Crippen molar-refractivity contribution in [3.8, 4) is 30.3 Å². The van der Waals surface area contributed by atoms with E-state index in [-0.39, 0.29) is 17.3 Å². The molecule has 2 saturated carbocycles. The number of nitriles is 5. The predicted octanol–water partition coefficient (Wildman–Crippen LogP) is 4.31. The minimum Gasteiger partial charge on any atom is -0.383 e. The van der Waals surface area contributed by atoms with Crippen molar-refractivity contribution in [2.45, 2.75) is 44.1 Å². The number of nitrogens with one attached hydrogen (secondary N) is 1. The van der Waals surface area contributed by atoms with Gasteiger partial charge < -0.3 is 5.32 Å². The van der Waals surface area contributed by atoms with Crippen LogP contribution >= 0.6 is 15.9 Å². The van der Waals surface area contributed by atoms with Crippen LogP contribution in [0.3, 0.4) is 0 Å². The maximum Gasteiger partial charge on any atom is 0.177 e. The third-order valence-electron chi connectivity index (χ3n) is 5.94. The lowest BCUT2D eigenvalue weighted by molar-refractivity contribution is 0.380. The summed E-state index contributed by atoms with van der Waals surface area (Å²) in [4.78, 5) is 0. The average Bonchev–Trinajstić information content (AvgIpc) is 3.38. The molecule has 7 heteroatoms. The molecule has 29 heavy (non-hydrogen) atoms. The highest BCUT2D eigenvalue weighted by Crippen LogP contribution is 2.76. The van der Waals surface area contributed by atoms with Crippen LogP contribution in [0.25, 0.3) is 0 Å². The number of benzene rings is 1. The summed E-state index contributed by atoms with van der Waals surface area (Å²) in [6.07, 6.45) is 4.84. The van der Waals surface area contributed by atoms with E-state index in [1.165, 1.54) is 0 Å². The van der Waals surface area contributed by atoms with E-state index in [0.717, 1.165) is 36.6 Å². The second-order valence-corrected chi connectivity index (χ2v) is 8.31. The molecule has 2 aliphatic rings. The van der Waals surface area contributed by atoms with Crippen LogP contribution in [-0.4, -0.2) is 6.04 Å². The number of hydrogen-bond acceptors (Lipinski definition) is 6. The van der Waals surface area contributed by atoms with Crippen LogP contribution in [0, 0.1) is 67.5 Å². The molecule has 0 aliphatic heterocycles. The first-order chi connectivity index (χ1) is 14.0. The molecule has 2 aliphatic carbocycles. The summed E-state index contributed by atoms with van der Waals surface area (Å²) in [7, 11) is 0. The lowest BCUT2D eigenvalue weighted by Gasteiger charge is -2.28. The highest BCUT2D eigenvalue weighted by Gasteiger charge is 2.83. The molecule has 0 heterocycles. The number of nitrogens with zero attached hydrogens (tertiary/aromatic N) is 5. The monoisotopic (exact) mass is 444 g/mol. The lowest BCUT2D eigenvalue weighted by Crippen LogP contribution is -2.36. The third kappa shape index (κ3) is 3.04. The van der Waals surface area contributed by atoms with Gasteiger partial charge in [0.1, 0.15) is 23.1 Å². The van der Waals surface area contributed by atoms with Gasteiger partial charge in [-0.05, 0) is 30.5 Å². The van der Waals surface area contributed by atoms with E-state index in [0.29, 0.717) is 5.56 Å². The van der Waals surface area contributed by atoms with E-state index < -0.39 is 16.7 Å². The number of allylic oxidation sites excluding steroid dienone is 2. The Balaban J connectivity index is 2.20. The molecule has 1 aromatic carbocycles. The molecule has 3 rings (SSSR count). The fourth-order valence-electron chi connectivity index (χ4n) is 4.51. The van der Waals surface area contributed by atoms with Crippen molar-refractivity contribution in [1.82, 2.24) is 5.32 Å². The van der Waals surface area contributed by atoms with E-state index in [1.54, 1.807) is 18.2 Å². The van der Waals surface area contributed by atoms with Gasteiger partial charge in [0.2, 0.25) is 0 Å². The second kappa shape index (κ2) is 7.97. The van der Waals surface area contributed by atoms with Crippen molar-refractivity contribution in [1.29, 1.82) is 26.3 Å². The van der Waals surface area contributed by atoms with Crippen LogP contribution in [0.1, 0.15) is 43.6 Å². The number of hydrogen-bond donors (Lipinski definition) is 1. The van der Waals surface area contributed by atoms with Crippen molar-refractivity contribution in [3.63, 3.8) is 0 Å². The van der Waals surface area contributed by atoms with Crippen LogP contribution in [0.2, 0.25) is 0 Å². The van der Waals surface area contributed by atoms with Gasteiger partial charge in [-0.1, -0.05) is 47.3 Å². The Hall–Kier alpha value is -3.31. The molecule has 0 spiro atoms. The zero-order valence-corrected chi connectivity index (χ0v) is 17.2. The molecule has 1 N–H and O–H groups in total. The van der Waals surface area contributed by atoms with E-state index in [4.69, 9.17) is 0 Å². The topological polar surface area (TPSA) is 131 Å². The van der Waals surface area contributed by atoms with Gasteiger partial charge >= 0.3 is 0 Å². The molecule has 0 bridgehead atoms. The summed E-state index contributed by atoms with van der Waals surface area (Å²) in [5.74, 6) is -0.768. The van der Waals surface area contributed by atoms with Gasteiger partial charge in [0.25, 0.3) is 0 Å². The molecule has 0 amide bonds. The van der Waals surface area contributed by atoms with E-state index in [2.05, 4.69) is 27.3 Å². The average molecular weight is 445 g/mol. The van der Waals surface area contributed by atoms with Gasteiger partial charge in [-0.2, -0.15) is 26.3 Å². The summed E-state index contributed by atoms with van der Waals surface area (Å²) in [6.45, 7) is 0. The van der Waals surface area contributed by atoms with Crippen molar-refractivity contribution in [2.24, 2.45) is 10.8 Å². The van der Waals surface area contributed by atoms with E-state index in [9.17, 15) is 26.3 Å². The van der Waals surface area contributed by atoms with Crippen LogP contribution in [-0.2, 0) is 0 Å². The SMILES string of the molecule is N#CC(C#N)=C(NC1CCCCC1)[C@@]1(C#N)[C@@H](c2cccc(Br)c2)C1(C#N)C#N. The predicted molar refractivity (Wildman–Crippen MR) is 107 cm³/mol. The Morgan fingerprint density at radius 1 is 0.966 bits per heavy atom. The fraction of sp³-hybridized carbons (Fsp3) is 0.409. The van der Waals surface area contributed by atoms with Crippen LogP contribution in [0.15, 0.2) is 40.0 Å². The van der Waals surface area contributed by atoms with Crippen molar-refractivity contribution < 1.29 is 0 Å². The Labute approximate surface area is 178 Å². The smallest absolute Gasteiger partial charge is 0.177 e. The zero-order valence-electron chi connectivity index (χ0n) is 15.6. The second-order valence-electron chi connectivity index (χ2n) is 7.39. The summed E-state index contributed by atoms with van der Waals surface area (Å²) in [6, 6.07) is 17.1. The van der Waals surface area contributed by atoms with Crippen LogP contribution in [0.5, 0.6) is 0 Å². The van der Waals surface area contributed by atoms with E-state index in [1.807, 2.05) is 30.3 Å². The molecule has 0 aromatic heterocycles. The summed E-state index contributed by atoms with van der Waals surface area (Å²) < 4.78 is 0.755. The summed E-state index contributed by atoms with van der Waals surface area (Å²) in [5.41, 5.74) is -2.77. The first kappa shape index (κ1) is 20.4. The molecule has 0 unspecified atom stereocenters. The van der Waals surface area contributed by atoms with Gasteiger partial charge in [-0.3, -0.25) is 0 Å². The molecule has 2 atom stereocenters. The maximum atomic E-state index is 10.2. The van der Waals surface area contributed by atoms with Crippen molar-refractivity contribution >= 4 is 15.9 Å². The molecular formula is C22H17BrN6. The van der Waals surface area contributed by atoms with Crippen molar-refractivity contribution in [3.05, 3.63) is 45.6 Å². The lowest BCUT2D eigenvalue weighted by atomic mass is 9.87. The Morgan fingerprint density at radius 3 is 2.14 bits per heavy atom. The Kier molecular flexibility index (Phi) is 5.62. The molecule has 142 valence electrons. The normalized spacial score (nSPS) is 24.5. The highest BCUT2D eigenvalue weighted by atomic mass is 79.9. The highest BCUT2D eigenvalue weighted by molar-refractivity contribution is 9.10. The third-order valence-corrected chi connectivity index (χ3v) is 6.43. The number of rotatable bonds is 4. The molecule has 2 fully saturated rings. The van der Waals surface area contributed by atoms with Crippen molar-refractivity contribution in [2.75, 3.05) is 0 Å². The van der Waals surface area contributed by atoms with Gasteiger partial charge in [-0.25, -0.2) is 0 Å². The van der Waals surface area contributed by atoms with Gasteiger partial charge in [0, 0.05) is 16.4 Å². The molecule has 6 nitrogen and oxygen atoms in total. The molecular weight excluding hydrogens is 428 g/mol. The van der Waals surface area contributed by atoms with Gasteiger partial charge in [0.15, 0.2) is 5.41 Å². The summed E-state index contributed by atoms with van der Waals surface area (Å²) in [5, 5.41) is 52.5. The van der Waals surface area contributed by atoms with E-state index >= 15 is 0 Å². The molecule has 0 saturated heterocycles. The molecule has 1 aromatic rings. The van der Waals surface area contributed by atoms with Gasteiger partial charge in [-0.15, -0.1) is 0 Å². The minimum atomic E-state index is -1.68. The largest absolute Gasteiger partial charge is 0.383 e. The Morgan fingerprint density at radius 2 is 1.62 bits per heavy atom. The fourth-order valence-corrected chi connectivity index (χ4v) is 4.93. The first-order valence-corrected chi connectivity index (χ1v) is 10.1. The quantitative estimate of drug-likeness (QED) is 0.687. The molecule has 0 radical (unpaired) electrons. The Bertz CT molecular complexity index is 1030. The van der Waals surface area contributed by atoms with Crippen LogP contribution < -0.4 is 5.32 Å². The minimum absolute atomic E-state index is 0.000444. The standard InChI is InChI=1S/C22H17BrN6/c23-17-6-4-5-15(9-17)19-21(12-26,13-27)22(19,14-28)20(16(10-24)11-25)29-18-7-2-1-3-8-18/h4-6,9,18-19,29H,1-3,7-8H2/t19-,22+/m0/s1. The van der Waals surface area contributed by atoms with Gasteiger partial charge in [0.05, 0.1) is 23.9 Å². The first-order valence-electron chi connectivity index (χ1n) is 9.35. The number of halogens is 1. The maximum absolute atomic E-state index is 10.2. The zero-order chi connectivity index (χ0) is 21.1. The summed E-state index contributed by atoms with van der Waals surface area (Å²) >= 11 is 3.39. The van der Waals surface area contributed by atoms with Crippen LogP contribution in [0.4, 0.5) is 0 Å².